The average Bonchev–Trinajstić information content (AvgIpc) is 3.14. The van der Waals surface area contributed by atoms with Crippen molar-refractivity contribution in [3.63, 3.8) is 0 Å². The molecule has 5 nitrogen and oxygen atoms in total. The van der Waals surface area contributed by atoms with Crippen molar-refractivity contribution < 1.29 is 19.4 Å². The van der Waals surface area contributed by atoms with E-state index in [1.54, 1.807) is 7.11 Å². The lowest BCUT2D eigenvalue weighted by Gasteiger charge is -2.53. The smallest absolute Gasteiger partial charge is 0.222 e. The molecule has 154 valence electrons. The molecule has 2 N–H and O–H groups in total. The van der Waals surface area contributed by atoms with Crippen LogP contribution in [0.5, 0.6) is 5.75 Å². The van der Waals surface area contributed by atoms with Crippen LogP contribution in [-0.4, -0.2) is 37.4 Å². The zero-order valence-electron chi connectivity index (χ0n) is 17.5. The first-order valence-electron chi connectivity index (χ1n) is 10.5. The van der Waals surface area contributed by atoms with E-state index in [2.05, 4.69) is 44.3 Å². The van der Waals surface area contributed by atoms with Gasteiger partial charge in [-0.05, 0) is 60.5 Å². The number of benzene rings is 1. The number of ether oxygens (including phenoxy) is 2. The first-order valence-corrected chi connectivity index (χ1v) is 10.5. The second-order valence-electron chi connectivity index (χ2n) is 9.56. The van der Waals surface area contributed by atoms with Crippen molar-refractivity contribution in [1.82, 2.24) is 5.32 Å². The number of carbonyl (C=O) groups excluding carboxylic acids is 1. The molecule has 4 rings (SSSR count). The van der Waals surface area contributed by atoms with E-state index in [-0.39, 0.29) is 41.9 Å². The number of rotatable bonds is 5. The van der Waals surface area contributed by atoms with Crippen LogP contribution in [0, 0.1) is 29.6 Å². The Bertz CT molecular complexity index is 761. The monoisotopic (exact) mass is 387 g/mol. The van der Waals surface area contributed by atoms with E-state index in [0.717, 1.165) is 30.6 Å². The van der Waals surface area contributed by atoms with Crippen LogP contribution in [0.15, 0.2) is 18.2 Å². The third kappa shape index (κ3) is 2.86. The Balaban J connectivity index is 1.69. The second-order valence-corrected chi connectivity index (χ2v) is 9.56. The summed E-state index contributed by atoms with van der Waals surface area (Å²) in [6, 6.07) is 6.47. The van der Waals surface area contributed by atoms with Gasteiger partial charge in [-0.3, -0.25) is 4.79 Å². The summed E-state index contributed by atoms with van der Waals surface area (Å²) in [6.45, 7) is 7.26. The van der Waals surface area contributed by atoms with Crippen LogP contribution in [-0.2, 0) is 9.53 Å². The van der Waals surface area contributed by atoms with Gasteiger partial charge in [-0.1, -0.05) is 26.0 Å². The van der Waals surface area contributed by atoms with Crippen molar-refractivity contribution in [2.45, 2.75) is 58.6 Å². The highest BCUT2D eigenvalue weighted by molar-refractivity contribution is 5.76. The summed E-state index contributed by atoms with van der Waals surface area (Å²) >= 11 is 0. The number of aliphatic hydroxyl groups excluding tert-OH is 1. The third-order valence-electron chi connectivity index (χ3n) is 7.84. The van der Waals surface area contributed by atoms with Gasteiger partial charge >= 0.3 is 0 Å². The Labute approximate surface area is 167 Å². The van der Waals surface area contributed by atoms with Gasteiger partial charge in [0.05, 0.1) is 19.8 Å². The first kappa shape index (κ1) is 19.7. The molecule has 0 aromatic heterocycles. The normalized spacial score (nSPS) is 35.5. The van der Waals surface area contributed by atoms with Gasteiger partial charge in [0.2, 0.25) is 5.91 Å². The highest BCUT2D eigenvalue weighted by atomic mass is 16.5. The topological polar surface area (TPSA) is 67.8 Å². The molecule has 3 aliphatic rings. The highest BCUT2D eigenvalue weighted by Crippen LogP contribution is 2.70. The number of nitrogens with one attached hydrogen (secondary N) is 1. The van der Waals surface area contributed by atoms with E-state index in [1.165, 1.54) is 5.56 Å². The second kappa shape index (κ2) is 7.03. The molecule has 1 aliphatic heterocycles. The molecule has 2 bridgehead atoms. The molecule has 5 atom stereocenters. The maximum atomic E-state index is 12.4. The molecule has 1 heterocycles. The molecule has 0 radical (unpaired) electrons. The summed E-state index contributed by atoms with van der Waals surface area (Å²) in [5.41, 5.74) is 2.41. The van der Waals surface area contributed by atoms with Gasteiger partial charge in [-0.15, -0.1) is 0 Å². The number of methoxy groups -OCH3 is 1. The summed E-state index contributed by atoms with van der Waals surface area (Å²) in [7, 11) is 1.72. The fraction of sp³-hybridized carbons (Fsp3) is 0.696. The molecule has 1 amide bonds. The van der Waals surface area contributed by atoms with Crippen molar-refractivity contribution >= 4 is 5.91 Å². The zero-order valence-corrected chi connectivity index (χ0v) is 17.5. The average molecular weight is 388 g/mol. The molecule has 1 aromatic rings. The summed E-state index contributed by atoms with van der Waals surface area (Å²) in [5.74, 6) is 1.79. The van der Waals surface area contributed by atoms with Crippen LogP contribution in [0.4, 0.5) is 0 Å². The van der Waals surface area contributed by atoms with Gasteiger partial charge in [0.1, 0.15) is 5.75 Å². The summed E-state index contributed by atoms with van der Waals surface area (Å²) in [6.07, 6.45) is 3.42. The Hall–Kier alpha value is -1.59. The van der Waals surface area contributed by atoms with Gasteiger partial charge in [-0.2, -0.15) is 0 Å². The van der Waals surface area contributed by atoms with Crippen molar-refractivity contribution in [2.24, 2.45) is 22.7 Å². The Morgan fingerprint density at radius 1 is 1.39 bits per heavy atom. The summed E-state index contributed by atoms with van der Waals surface area (Å²) in [4.78, 5) is 12.4. The minimum Gasteiger partial charge on any atom is -0.496 e. The van der Waals surface area contributed by atoms with Gasteiger partial charge in [0.25, 0.3) is 0 Å². The quantitative estimate of drug-likeness (QED) is 0.813. The number of aryl methyl sites for hydroxylation is 1. The SMILES string of the molecule is COc1cc(C)ccc1[C@H]1OCCC23C[C@@H](C[C@H]12)C(C)(C)[C@@H]3NC(=O)CCO. The predicted molar refractivity (Wildman–Crippen MR) is 107 cm³/mol. The highest BCUT2D eigenvalue weighted by Gasteiger charge is 2.68. The van der Waals surface area contributed by atoms with Gasteiger partial charge < -0.3 is 19.9 Å². The van der Waals surface area contributed by atoms with E-state index >= 15 is 0 Å². The molecule has 1 aromatic carbocycles. The van der Waals surface area contributed by atoms with Crippen molar-refractivity contribution in [1.29, 1.82) is 0 Å². The van der Waals surface area contributed by atoms with Gasteiger partial charge in [0, 0.05) is 24.6 Å². The Morgan fingerprint density at radius 3 is 2.89 bits per heavy atom. The number of amides is 1. The van der Waals surface area contributed by atoms with Crippen LogP contribution in [0.25, 0.3) is 0 Å². The molecule has 2 saturated carbocycles. The van der Waals surface area contributed by atoms with Gasteiger partial charge in [-0.25, -0.2) is 0 Å². The van der Waals surface area contributed by atoms with E-state index in [9.17, 15) is 9.90 Å². The maximum absolute atomic E-state index is 12.4. The first-order chi connectivity index (χ1) is 13.3. The number of hydrogen-bond donors (Lipinski definition) is 2. The molecular formula is C23H33NO4. The fourth-order valence-corrected chi connectivity index (χ4v) is 6.48. The molecule has 1 unspecified atom stereocenters. The van der Waals surface area contributed by atoms with Crippen LogP contribution in [0.2, 0.25) is 0 Å². The summed E-state index contributed by atoms with van der Waals surface area (Å²) < 4.78 is 12.0. The van der Waals surface area contributed by atoms with E-state index in [4.69, 9.17) is 9.47 Å². The molecule has 28 heavy (non-hydrogen) atoms. The molecule has 1 saturated heterocycles. The van der Waals surface area contributed by atoms with Crippen LogP contribution in [0.3, 0.4) is 0 Å². The van der Waals surface area contributed by atoms with Gasteiger partial charge in [0.15, 0.2) is 0 Å². The molecule has 5 heteroatoms. The Kier molecular flexibility index (Phi) is 4.95. The van der Waals surface area contributed by atoms with E-state index < -0.39 is 0 Å². The number of carbonyl (C=O) groups is 1. The maximum Gasteiger partial charge on any atom is 0.222 e. The predicted octanol–water partition coefficient (Wildman–Crippen LogP) is 3.38. The lowest BCUT2D eigenvalue weighted by Crippen LogP contribution is -2.59. The minimum atomic E-state index is -0.106. The van der Waals surface area contributed by atoms with Crippen molar-refractivity contribution in [2.75, 3.05) is 20.3 Å². The summed E-state index contributed by atoms with van der Waals surface area (Å²) in [5, 5.41) is 12.5. The number of fused-ring (bicyclic) bond motifs is 1. The van der Waals surface area contributed by atoms with E-state index in [1.807, 2.05) is 0 Å². The zero-order chi connectivity index (χ0) is 20.1. The number of aliphatic hydroxyl groups is 1. The molecule has 3 fully saturated rings. The van der Waals surface area contributed by atoms with Crippen molar-refractivity contribution in [3.8, 4) is 5.75 Å². The lowest BCUT2D eigenvalue weighted by molar-refractivity contribution is -0.137. The molecular weight excluding hydrogens is 354 g/mol. The van der Waals surface area contributed by atoms with E-state index in [0.29, 0.717) is 18.4 Å². The standard InChI is InChI=1S/C23H33NO4/c1-14-5-6-16(18(11-14)27-4)20-17-12-15-13-23(17,8-10-28-20)21(22(15,2)3)24-19(26)7-9-25/h5-6,11,15,17,20-21,25H,7-10,12-13H2,1-4H3,(H,24,26)/t15-,17-,20-,21+,23?/m1/s1. The molecule has 2 aliphatic carbocycles. The van der Waals surface area contributed by atoms with Crippen LogP contribution >= 0.6 is 0 Å². The van der Waals surface area contributed by atoms with Crippen molar-refractivity contribution in [3.05, 3.63) is 29.3 Å². The van der Waals surface area contributed by atoms with Crippen LogP contribution in [0.1, 0.15) is 56.8 Å². The minimum absolute atomic E-state index is 0.00245. The number of hydrogen-bond acceptors (Lipinski definition) is 4. The largest absolute Gasteiger partial charge is 0.496 e. The molecule has 1 spiro atoms. The Morgan fingerprint density at radius 2 is 2.18 bits per heavy atom. The lowest BCUT2D eigenvalue weighted by atomic mass is 9.58. The third-order valence-corrected chi connectivity index (χ3v) is 7.84. The fourth-order valence-electron chi connectivity index (χ4n) is 6.48. The van der Waals surface area contributed by atoms with Crippen LogP contribution < -0.4 is 10.1 Å².